The second kappa shape index (κ2) is 5.45. The number of methoxy groups -OCH3 is 1. The second-order valence-corrected chi connectivity index (χ2v) is 8.33. The number of ether oxygens (including phenoxy) is 1. The molecular formula is C19H26N2O3. The highest BCUT2D eigenvalue weighted by Gasteiger charge is 2.59. The Labute approximate surface area is 142 Å². The number of pyridine rings is 1. The Kier molecular flexibility index (Phi) is 3.60. The highest BCUT2D eigenvalue weighted by Crippen LogP contribution is 2.62. The van der Waals surface area contributed by atoms with Crippen molar-refractivity contribution in [2.45, 2.75) is 57.1 Å². The van der Waals surface area contributed by atoms with E-state index in [1.165, 1.54) is 6.42 Å². The summed E-state index contributed by atoms with van der Waals surface area (Å²) < 4.78 is 5.10. The standard InChI is InChI=1S/C19H26N2O3/c1-12(21-17(22)15-3-4-20-16(6-15)24-2)18-7-13-5-14(8-18)10-19(23,9-13)11-18/h3-4,6,12-14,23H,5,7-11H2,1-2H3,(H,21,22). The zero-order valence-electron chi connectivity index (χ0n) is 14.4. The summed E-state index contributed by atoms with van der Waals surface area (Å²) in [5.41, 5.74) is 0.117. The van der Waals surface area contributed by atoms with E-state index in [4.69, 9.17) is 4.74 Å². The molecule has 0 aliphatic heterocycles. The molecule has 5 heteroatoms. The van der Waals surface area contributed by atoms with Crippen molar-refractivity contribution in [1.82, 2.24) is 10.3 Å². The number of hydrogen-bond donors (Lipinski definition) is 2. The fraction of sp³-hybridized carbons (Fsp3) is 0.684. The van der Waals surface area contributed by atoms with Crippen molar-refractivity contribution < 1.29 is 14.6 Å². The molecule has 4 saturated carbocycles. The molecular weight excluding hydrogens is 304 g/mol. The molecule has 1 aromatic rings. The Bertz CT molecular complexity index is 646. The first-order chi connectivity index (χ1) is 11.4. The predicted molar refractivity (Wildman–Crippen MR) is 89.8 cm³/mol. The van der Waals surface area contributed by atoms with E-state index in [2.05, 4.69) is 17.2 Å². The summed E-state index contributed by atoms with van der Waals surface area (Å²) in [6.45, 7) is 2.10. The van der Waals surface area contributed by atoms with Crippen molar-refractivity contribution in [2.24, 2.45) is 17.3 Å². The summed E-state index contributed by atoms with van der Waals surface area (Å²) >= 11 is 0. The lowest BCUT2D eigenvalue weighted by molar-refractivity contribution is -0.171. The summed E-state index contributed by atoms with van der Waals surface area (Å²) in [7, 11) is 1.54. The lowest BCUT2D eigenvalue weighted by Gasteiger charge is -2.62. The largest absolute Gasteiger partial charge is 0.481 e. The van der Waals surface area contributed by atoms with E-state index < -0.39 is 5.60 Å². The van der Waals surface area contributed by atoms with Gasteiger partial charge in [0.1, 0.15) is 0 Å². The van der Waals surface area contributed by atoms with E-state index in [0.29, 0.717) is 23.3 Å². The maximum atomic E-state index is 12.6. The van der Waals surface area contributed by atoms with Gasteiger partial charge in [0, 0.05) is 23.9 Å². The van der Waals surface area contributed by atoms with Crippen LogP contribution in [-0.4, -0.2) is 34.8 Å². The number of rotatable bonds is 4. The normalized spacial score (nSPS) is 38.0. The molecule has 5 nitrogen and oxygen atoms in total. The van der Waals surface area contributed by atoms with E-state index in [-0.39, 0.29) is 17.4 Å². The molecule has 3 atom stereocenters. The summed E-state index contributed by atoms with van der Waals surface area (Å²) in [6, 6.07) is 3.43. The van der Waals surface area contributed by atoms with Crippen LogP contribution in [0.15, 0.2) is 18.3 Å². The Hall–Kier alpha value is -1.62. The van der Waals surface area contributed by atoms with Gasteiger partial charge in [-0.15, -0.1) is 0 Å². The molecule has 1 aromatic heterocycles. The minimum atomic E-state index is -0.497. The molecule has 4 fully saturated rings. The minimum absolute atomic E-state index is 0.0472. The van der Waals surface area contributed by atoms with Crippen molar-refractivity contribution in [3.63, 3.8) is 0 Å². The topological polar surface area (TPSA) is 71.5 Å². The number of amides is 1. The lowest BCUT2D eigenvalue weighted by Crippen LogP contribution is -2.61. The van der Waals surface area contributed by atoms with Crippen LogP contribution in [0.2, 0.25) is 0 Å². The quantitative estimate of drug-likeness (QED) is 0.890. The second-order valence-electron chi connectivity index (χ2n) is 8.33. The highest BCUT2D eigenvalue weighted by atomic mass is 16.5. The molecule has 5 rings (SSSR count). The van der Waals surface area contributed by atoms with Crippen molar-refractivity contribution in [1.29, 1.82) is 0 Å². The smallest absolute Gasteiger partial charge is 0.251 e. The first kappa shape index (κ1) is 15.9. The van der Waals surface area contributed by atoms with Gasteiger partial charge in [-0.25, -0.2) is 4.98 Å². The fourth-order valence-corrected chi connectivity index (χ4v) is 5.89. The average molecular weight is 330 g/mol. The summed E-state index contributed by atoms with van der Waals surface area (Å²) in [4.78, 5) is 16.7. The Morgan fingerprint density at radius 2 is 2.08 bits per heavy atom. The summed E-state index contributed by atoms with van der Waals surface area (Å²) in [5.74, 6) is 1.60. The van der Waals surface area contributed by atoms with E-state index in [9.17, 15) is 9.90 Å². The zero-order chi connectivity index (χ0) is 16.9. The van der Waals surface area contributed by atoms with Crippen LogP contribution in [0.25, 0.3) is 0 Å². The van der Waals surface area contributed by atoms with Crippen LogP contribution in [-0.2, 0) is 0 Å². The first-order valence-corrected chi connectivity index (χ1v) is 8.95. The number of carbonyl (C=O) groups is 1. The van der Waals surface area contributed by atoms with Crippen LogP contribution >= 0.6 is 0 Å². The summed E-state index contributed by atoms with van der Waals surface area (Å²) in [6.07, 6.45) is 7.84. The van der Waals surface area contributed by atoms with Crippen LogP contribution in [0.4, 0.5) is 0 Å². The van der Waals surface area contributed by atoms with Gasteiger partial charge >= 0.3 is 0 Å². The van der Waals surface area contributed by atoms with Crippen molar-refractivity contribution in [2.75, 3.05) is 7.11 Å². The molecule has 4 bridgehead atoms. The molecule has 1 heterocycles. The third-order valence-electron chi connectivity index (χ3n) is 6.55. The molecule has 4 aliphatic carbocycles. The van der Waals surface area contributed by atoms with Gasteiger partial charge in [-0.3, -0.25) is 4.79 Å². The maximum Gasteiger partial charge on any atom is 0.251 e. The molecule has 0 aromatic carbocycles. The number of nitrogens with zero attached hydrogens (tertiary/aromatic N) is 1. The molecule has 4 aliphatic rings. The number of hydrogen-bond acceptors (Lipinski definition) is 4. The van der Waals surface area contributed by atoms with Gasteiger partial charge in [-0.2, -0.15) is 0 Å². The van der Waals surface area contributed by atoms with Crippen LogP contribution in [0, 0.1) is 17.3 Å². The number of carbonyl (C=O) groups excluding carboxylic acids is 1. The van der Waals surface area contributed by atoms with Gasteiger partial charge in [0.05, 0.1) is 12.7 Å². The van der Waals surface area contributed by atoms with Crippen molar-refractivity contribution in [3.8, 4) is 5.88 Å². The maximum absolute atomic E-state index is 12.6. The average Bonchev–Trinajstić information content (AvgIpc) is 2.52. The predicted octanol–water partition coefficient (Wildman–Crippen LogP) is 2.54. The van der Waals surface area contributed by atoms with Gasteiger partial charge in [-0.05, 0) is 68.8 Å². The molecule has 2 N–H and O–H groups in total. The van der Waals surface area contributed by atoms with Gasteiger partial charge in [0.15, 0.2) is 0 Å². The molecule has 0 spiro atoms. The van der Waals surface area contributed by atoms with Gasteiger partial charge in [0.25, 0.3) is 5.91 Å². The molecule has 3 unspecified atom stereocenters. The van der Waals surface area contributed by atoms with E-state index in [0.717, 1.165) is 32.1 Å². The fourth-order valence-electron chi connectivity index (χ4n) is 5.89. The van der Waals surface area contributed by atoms with E-state index >= 15 is 0 Å². The summed E-state index contributed by atoms with van der Waals surface area (Å²) in [5, 5.41) is 14.1. The van der Waals surface area contributed by atoms with Gasteiger partial charge in [-0.1, -0.05) is 0 Å². The third kappa shape index (κ3) is 2.59. The molecule has 130 valence electrons. The first-order valence-electron chi connectivity index (χ1n) is 8.95. The van der Waals surface area contributed by atoms with Crippen LogP contribution in [0.3, 0.4) is 0 Å². The lowest BCUT2D eigenvalue weighted by atomic mass is 9.46. The van der Waals surface area contributed by atoms with Crippen LogP contribution in [0.1, 0.15) is 55.8 Å². The Balaban J connectivity index is 1.51. The Morgan fingerprint density at radius 3 is 2.71 bits per heavy atom. The number of aliphatic hydroxyl groups is 1. The van der Waals surface area contributed by atoms with Crippen LogP contribution in [0.5, 0.6) is 5.88 Å². The number of aromatic nitrogens is 1. The molecule has 0 saturated heterocycles. The van der Waals surface area contributed by atoms with Crippen molar-refractivity contribution in [3.05, 3.63) is 23.9 Å². The molecule has 0 radical (unpaired) electrons. The van der Waals surface area contributed by atoms with Crippen molar-refractivity contribution >= 4 is 5.91 Å². The number of nitrogens with one attached hydrogen (secondary N) is 1. The SMILES string of the molecule is COc1cc(C(=O)NC(C)C23CC4CC(CC(O)(C4)C2)C3)ccn1. The Morgan fingerprint density at radius 1 is 1.38 bits per heavy atom. The van der Waals surface area contributed by atoms with Gasteiger partial charge < -0.3 is 15.2 Å². The molecule has 24 heavy (non-hydrogen) atoms. The van der Waals surface area contributed by atoms with E-state index in [1.54, 1.807) is 25.4 Å². The van der Waals surface area contributed by atoms with E-state index in [1.807, 2.05) is 0 Å². The molecule has 1 amide bonds. The minimum Gasteiger partial charge on any atom is -0.481 e. The zero-order valence-corrected chi connectivity index (χ0v) is 14.4. The van der Waals surface area contributed by atoms with Gasteiger partial charge in [0.2, 0.25) is 5.88 Å². The van der Waals surface area contributed by atoms with Crippen LogP contribution < -0.4 is 10.1 Å². The monoisotopic (exact) mass is 330 g/mol. The third-order valence-corrected chi connectivity index (χ3v) is 6.55. The highest BCUT2D eigenvalue weighted by molar-refractivity contribution is 5.94.